The highest BCUT2D eigenvalue weighted by Crippen LogP contribution is 2.26. The molecule has 3 aromatic rings. The fraction of sp³-hybridized carbons (Fsp3) is 0.278. The van der Waals surface area contributed by atoms with Crippen LogP contribution in [-0.2, 0) is 17.9 Å². The van der Waals surface area contributed by atoms with Crippen LogP contribution in [0.25, 0.3) is 0 Å². The van der Waals surface area contributed by atoms with Crippen molar-refractivity contribution in [1.82, 2.24) is 15.1 Å². The van der Waals surface area contributed by atoms with E-state index in [1.54, 1.807) is 11.2 Å². The number of hydrogen-bond acceptors (Lipinski definition) is 7. The zero-order valence-corrected chi connectivity index (χ0v) is 16.3. The van der Waals surface area contributed by atoms with E-state index in [0.717, 1.165) is 15.7 Å². The summed E-state index contributed by atoms with van der Waals surface area (Å²) in [6, 6.07) is 11.8. The molecule has 0 spiro atoms. The number of amides is 1. The van der Waals surface area contributed by atoms with Crippen molar-refractivity contribution >= 4 is 34.1 Å². The van der Waals surface area contributed by atoms with Crippen LogP contribution in [0.1, 0.15) is 16.9 Å². The zero-order chi connectivity index (χ0) is 18.4. The summed E-state index contributed by atoms with van der Waals surface area (Å²) in [6.45, 7) is 3.23. The molecular weight excluding hydrogens is 368 g/mol. The fourth-order valence-electron chi connectivity index (χ4n) is 2.28. The van der Waals surface area contributed by atoms with Crippen LogP contribution in [0.2, 0.25) is 0 Å². The Morgan fingerprint density at radius 2 is 2.12 bits per heavy atom. The summed E-state index contributed by atoms with van der Waals surface area (Å²) >= 11 is 2.84. The van der Waals surface area contributed by atoms with Gasteiger partial charge in [-0.3, -0.25) is 4.79 Å². The second-order valence-electron chi connectivity index (χ2n) is 5.77. The van der Waals surface area contributed by atoms with E-state index in [1.807, 2.05) is 37.4 Å². The summed E-state index contributed by atoms with van der Waals surface area (Å²) in [4.78, 5) is 14.1. The molecule has 0 saturated carbocycles. The number of benzene rings is 1. The van der Waals surface area contributed by atoms with Crippen LogP contribution in [0.15, 0.2) is 51.4 Å². The Morgan fingerprint density at radius 1 is 1.27 bits per heavy atom. The molecule has 2 heterocycles. The minimum Gasteiger partial charge on any atom is -0.467 e. The molecule has 136 valence electrons. The molecule has 0 aliphatic rings. The summed E-state index contributed by atoms with van der Waals surface area (Å²) in [5, 5.41) is 12.1. The van der Waals surface area contributed by atoms with Gasteiger partial charge in [-0.2, -0.15) is 0 Å². The molecule has 1 amide bonds. The van der Waals surface area contributed by atoms with Crippen LogP contribution >= 0.6 is 23.1 Å². The Hall–Kier alpha value is -2.32. The lowest BCUT2D eigenvalue weighted by Crippen LogP contribution is -2.28. The average Bonchev–Trinajstić information content (AvgIpc) is 3.31. The predicted octanol–water partition coefficient (Wildman–Crippen LogP) is 3.80. The minimum atomic E-state index is 0.0681. The average molecular weight is 389 g/mol. The van der Waals surface area contributed by atoms with E-state index in [4.69, 9.17) is 4.42 Å². The molecule has 0 radical (unpaired) electrons. The number of aromatic nitrogens is 2. The summed E-state index contributed by atoms with van der Waals surface area (Å²) in [7, 11) is 1.83. The van der Waals surface area contributed by atoms with Crippen molar-refractivity contribution in [3.8, 4) is 0 Å². The highest BCUT2D eigenvalue weighted by molar-refractivity contribution is 8.01. The number of nitrogens with one attached hydrogen (secondary N) is 1. The van der Waals surface area contributed by atoms with Crippen molar-refractivity contribution in [2.75, 3.05) is 18.1 Å². The van der Waals surface area contributed by atoms with Crippen LogP contribution in [0, 0.1) is 6.92 Å². The van der Waals surface area contributed by atoms with Crippen molar-refractivity contribution in [2.24, 2.45) is 0 Å². The van der Waals surface area contributed by atoms with Gasteiger partial charge in [0, 0.05) is 13.6 Å². The number of hydrogen-bond donors (Lipinski definition) is 1. The van der Waals surface area contributed by atoms with Crippen LogP contribution < -0.4 is 5.32 Å². The normalized spacial score (nSPS) is 10.7. The number of carbonyl (C=O) groups is 1. The molecule has 1 N–H and O–H groups in total. The fourth-order valence-corrected chi connectivity index (χ4v) is 3.97. The minimum absolute atomic E-state index is 0.0681. The maximum absolute atomic E-state index is 12.4. The van der Waals surface area contributed by atoms with Gasteiger partial charge in [0.15, 0.2) is 4.34 Å². The third kappa shape index (κ3) is 5.09. The Balaban J connectivity index is 1.46. The van der Waals surface area contributed by atoms with Crippen LogP contribution in [0.3, 0.4) is 0 Å². The largest absolute Gasteiger partial charge is 0.467 e. The molecule has 0 unspecified atom stereocenters. The molecule has 0 aliphatic carbocycles. The first-order chi connectivity index (χ1) is 12.6. The van der Waals surface area contributed by atoms with E-state index in [1.165, 1.54) is 28.7 Å². The molecule has 0 bridgehead atoms. The highest BCUT2D eigenvalue weighted by atomic mass is 32.2. The Kier molecular flexibility index (Phi) is 6.30. The molecule has 6 nitrogen and oxygen atoms in total. The first kappa shape index (κ1) is 18.5. The number of aryl methyl sites for hydroxylation is 1. The van der Waals surface area contributed by atoms with Crippen LogP contribution in [0.5, 0.6) is 0 Å². The summed E-state index contributed by atoms with van der Waals surface area (Å²) < 4.78 is 6.03. The number of rotatable bonds is 8. The lowest BCUT2D eigenvalue weighted by molar-refractivity contribution is -0.127. The maximum Gasteiger partial charge on any atom is 0.233 e. The molecule has 2 aromatic heterocycles. The lowest BCUT2D eigenvalue weighted by Gasteiger charge is -2.18. The first-order valence-corrected chi connectivity index (χ1v) is 9.93. The van der Waals surface area contributed by atoms with Crippen molar-refractivity contribution in [1.29, 1.82) is 0 Å². The third-order valence-corrected chi connectivity index (χ3v) is 5.81. The Morgan fingerprint density at radius 3 is 2.88 bits per heavy atom. The Labute approximate surface area is 160 Å². The lowest BCUT2D eigenvalue weighted by atomic mass is 10.1. The number of anilines is 1. The molecule has 0 aliphatic heterocycles. The molecule has 0 fully saturated rings. The summed E-state index contributed by atoms with van der Waals surface area (Å²) in [5.74, 6) is 1.25. The van der Waals surface area contributed by atoms with Gasteiger partial charge in [-0.25, -0.2) is 0 Å². The molecule has 3 rings (SSSR count). The topological polar surface area (TPSA) is 71.3 Å². The second kappa shape index (κ2) is 8.86. The van der Waals surface area contributed by atoms with Gasteiger partial charge in [0.05, 0.1) is 18.6 Å². The van der Waals surface area contributed by atoms with Crippen molar-refractivity contribution in [3.05, 3.63) is 59.5 Å². The van der Waals surface area contributed by atoms with Gasteiger partial charge >= 0.3 is 0 Å². The smallest absolute Gasteiger partial charge is 0.233 e. The molecule has 0 atom stereocenters. The third-order valence-electron chi connectivity index (χ3n) is 3.81. The van der Waals surface area contributed by atoms with E-state index < -0.39 is 0 Å². The molecular formula is C18H20N4O2S2. The van der Waals surface area contributed by atoms with Crippen molar-refractivity contribution < 1.29 is 9.21 Å². The number of thioether (sulfide) groups is 1. The van der Waals surface area contributed by atoms with Gasteiger partial charge in [0.25, 0.3) is 0 Å². The SMILES string of the molecule is Cc1ccccc1CN(C)C(=O)CSc1nnc(NCc2ccco2)s1. The number of furan rings is 1. The molecule has 1 aromatic carbocycles. The summed E-state index contributed by atoms with van der Waals surface area (Å²) in [5.41, 5.74) is 2.35. The van der Waals surface area contributed by atoms with E-state index in [2.05, 4.69) is 28.5 Å². The van der Waals surface area contributed by atoms with E-state index >= 15 is 0 Å². The van der Waals surface area contributed by atoms with Crippen LogP contribution in [-0.4, -0.2) is 33.8 Å². The molecule has 8 heteroatoms. The monoisotopic (exact) mass is 388 g/mol. The van der Waals surface area contributed by atoms with Crippen LogP contribution in [0.4, 0.5) is 5.13 Å². The van der Waals surface area contributed by atoms with Gasteiger partial charge in [0.2, 0.25) is 11.0 Å². The highest BCUT2D eigenvalue weighted by Gasteiger charge is 2.13. The van der Waals surface area contributed by atoms with Crippen molar-refractivity contribution in [3.63, 3.8) is 0 Å². The second-order valence-corrected chi connectivity index (χ2v) is 7.97. The predicted molar refractivity (Wildman–Crippen MR) is 104 cm³/mol. The first-order valence-electron chi connectivity index (χ1n) is 8.13. The number of carbonyl (C=O) groups excluding carboxylic acids is 1. The standard InChI is InChI=1S/C18H20N4O2S2/c1-13-6-3-4-7-14(13)11-22(2)16(23)12-25-18-21-20-17(26-18)19-10-15-8-5-9-24-15/h3-9H,10-12H2,1-2H3,(H,19,20). The molecule has 26 heavy (non-hydrogen) atoms. The van der Waals surface area contributed by atoms with E-state index in [-0.39, 0.29) is 5.91 Å². The van der Waals surface area contributed by atoms with Gasteiger partial charge in [-0.15, -0.1) is 10.2 Å². The van der Waals surface area contributed by atoms with Crippen molar-refractivity contribution in [2.45, 2.75) is 24.4 Å². The van der Waals surface area contributed by atoms with E-state index in [0.29, 0.717) is 24.0 Å². The quantitative estimate of drug-likeness (QED) is 0.592. The Bertz CT molecular complexity index is 849. The zero-order valence-electron chi connectivity index (χ0n) is 14.6. The summed E-state index contributed by atoms with van der Waals surface area (Å²) in [6.07, 6.45) is 1.64. The number of nitrogens with zero attached hydrogens (tertiary/aromatic N) is 3. The maximum atomic E-state index is 12.4. The van der Waals surface area contributed by atoms with Gasteiger partial charge in [-0.1, -0.05) is 47.4 Å². The van der Waals surface area contributed by atoms with E-state index in [9.17, 15) is 4.79 Å². The van der Waals surface area contributed by atoms with Gasteiger partial charge in [-0.05, 0) is 30.2 Å². The van der Waals surface area contributed by atoms with Gasteiger partial charge in [0.1, 0.15) is 5.76 Å². The van der Waals surface area contributed by atoms with Gasteiger partial charge < -0.3 is 14.6 Å². The molecule has 0 saturated heterocycles.